The summed E-state index contributed by atoms with van der Waals surface area (Å²) in [6.07, 6.45) is 2.83. The van der Waals surface area contributed by atoms with Crippen LogP contribution in [0.15, 0.2) is 0 Å². The van der Waals surface area contributed by atoms with Crippen molar-refractivity contribution in [3.8, 4) is 0 Å². The summed E-state index contributed by atoms with van der Waals surface area (Å²) in [5.74, 6) is 0.931. The predicted octanol–water partition coefficient (Wildman–Crippen LogP) is 0.346. The van der Waals surface area contributed by atoms with Gasteiger partial charge in [0, 0.05) is 25.2 Å². The van der Waals surface area contributed by atoms with Gasteiger partial charge in [-0.05, 0) is 18.8 Å². The molecule has 2 heteroatoms. The molecule has 2 unspecified atom stereocenters. The Bertz CT molecular complexity index is 120. The van der Waals surface area contributed by atoms with Crippen molar-refractivity contribution in [2.75, 3.05) is 13.1 Å². The molecule has 2 atom stereocenters. The van der Waals surface area contributed by atoms with Crippen LogP contribution in [0.2, 0.25) is 0 Å². The number of hydrogen-bond donors (Lipinski definition) is 2. The molecule has 58 valence electrons. The lowest BCUT2D eigenvalue weighted by molar-refractivity contribution is 0.188. The van der Waals surface area contributed by atoms with Crippen molar-refractivity contribution < 1.29 is 0 Å². The molecule has 2 fully saturated rings. The maximum absolute atomic E-state index is 3.64. The second-order valence-corrected chi connectivity index (χ2v) is 3.68. The molecule has 0 bridgehead atoms. The summed E-state index contributed by atoms with van der Waals surface area (Å²) in [7, 11) is 0. The van der Waals surface area contributed by atoms with Gasteiger partial charge in [-0.3, -0.25) is 0 Å². The highest BCUT2D eigenvalue weighted by molar-refractivity contribution is 4.91. The second kappa shape index (κ2) is 2.51. The van der Waals surface area contributed by atoms with E-state index in [1.807, 2.05) is 0 Å². The second-order valence-electron chi connectivity index (χ2n) is 3.68. The van der Waals surface area contributed by atoms with Crippen LogP contribution in [0.1, 0.15) is 19.8 Å². The summed E-state index contributed by atoms with van der Waals surface area (Å²) in [5, 5.41) is 6.91. The highest BCUT2D eigenvalue weighted by Gasteiger charge is 2.30. The van der Waals surface area contributed by atoms with Crippen molar-refractivity contribution in [3.05, 3.63) is 0 Å². The molecule has 1 aliphatic carbocycles. The van der Waals surface area contributed by atoms with Gasteiger partial charge >= 0.3 is 0 Å². The van der Waals surface area contributed by atoms with E-state index < -0.39 is 0 Å². The molecule has 0 aromatic carbocycles. The molecule has 0 radical (unpaired) electrons. The number of nitrogens with one attached hydrogen (secondary N) is 2. The Kier molecular flexibility index (Phi) is 1.66. The fourth-order valence-corrected chi connectivity index (χ4v) is 1.62. The van der Waals surface area contributed by atoms with Crippen LogP contribution in [-0.4, -0.2) is 25.2 Å². The summed E-state index contributed by atoms with van der Waals surface area (Å²) in [6, 6.07) is 1.62. The van der Waals surface area contributed by atoms with E-state index in [0.29, 0.717) is 0 Å². The SMILES string of the molecule is CC1CCC1NC1CNC1. The van der Waals surface area contributed by atoms with Crippen LogP contribution in [-0.2, 0) is 0 Å². The first-order chi connectivity index (χ1) is 4.86. The molecule has 1 aliphatic heterocycles. The lowest BCUT2D eigenvalue weighted by Gasteiger charge is -2.40. The predicted molar refractivity (Wildman–Crippen MR) is 42.0 cm³/mol. The van der Waals surface area contributed by atoms with E-state index in [9.17, 15) is 0 Å². The Labute approximate surface area is 62.4 Å². The average molecular weight is 140 g/mol. The molecule has 0 spiro atoms. The summed E-state index contributed by atoms with van der Waals surface area (Å²) in [4.78, 5) is 0. The van der Waals surface area contributed by atoms with Crippen molar-refractivity contribution in [3.63, 3.8) is 0 Å². The molecule has 2 N–H and O–H groups in total. The molecule has 1 heterocycles. The van der Waals surface area contributed by atoms with E-state index in [0.717, 1.165) is 18.0 Å². The fraction of sp³-hybridized carbons (Fsp3) is 1.00. The summed E-state index contributed by atoms with van der Waals surface area (Å²) >= 11 is 0. The highest BCUT2D eigenvalue weighted by atomic mass is 15.1. The van der Waals surface area contributed by atoms with Gasteiger partial charge in [-0.25, -0.2) is 0 Å². The van der Waals surface area contributed by atoms with E-state index >= 15 is 0 Å². The third-order valence-electron chi connectivity index (χ3n) is 2.85. The van der Waals surface area contributed by atoms with Gasteiger partial charge < -0.3 is 10.6 Å². The zero-order valence-corrected chi connectivity index (χ0v) is 6.56. The lowest BCUT2D eigenvalue weighted by atomic mass is 9.80. The summed E-state index contributed by atoms with van der Waals surface area (Å²) in [6.45, 7) is 4.71. The standard InChI is InChI=1S/C8H16N2/c1-6-2-3-8(6)10-7-4-9-5-7/h6-10H,2-5H2,1H3. The van der Waals surface area contributed by atoms with Crippen molar-refractivity contribution in [2.45, 2.75) is 31.8 Å². The van der Waals surface area contributed by atoms with E-state index in [-0.39, 0.29) is 0 Å². The van der Waals surface area contributed by atoms with Crippen LogP contribution in [0.5, 0.6) is 0 Å². The van der Waals surface area contributed by atoms with Crippen LogP contribution in [0.25, 0.3) is 0 Å². The van der Waals surface area contributed by atoms with Crippen molar-refractivity contribution in [1.29, 1.82) is 0 Å². The smallest absolute Gasteiger partial charge is 0.0320 e. The van der Waals surface area contributed by atoms with Crippen molar-refractivity contribution >= 4 is 0 Å². The van der Waals surface area contributed by atoms with E-state index in [1.165, 1.54) is 25.9 Å². The molecular weight excluding hydrogens is 124 g/mol. The van der Waals surface area contributed by atoms with Gasteiger partial charge in [-0.2, -0.15) is 0 Å². The first kappa shape index (κ1) is 6.62. The number of hydrogen-bond acceptors (Lipinski definition) is 2. The molecule has 2 aliphatic rings. The Balaban J connectivity index is 1.69. The molecule has 0 aromatic heterocycles. The van der Waals surface area contributed by atoms with Crippen LogP contribution in [0, 0.1) is 5.92 Å². The quantitative estimate of drug-likeness (QED) is 0.578. The van der Waals surface area contributed by atoms with Gasteiger partial charge in [0.1, 0.15) is 0 Å². The summed E-state index contributed by atoms with van der Waals surface area (Å²) < 4.78 is 0. The maximum atomic E-state index is 3.64. The fourth-order valence-electron chi connectivity index (χ4n) is 1.62. The Hall–Kier alpha value is -0.0800. The monoisotopic (exact) mass is 140 g/mol. The maximum Gasteiger partial charge on any atom is 0.0320 e. The number of rotatable bonds is 2. The van der Waals surface area contributed by atoms with Crippen LogP contribution in [0.4, 0.5) is 0 Å². The average Bonchev–Trinajstić information content (AvgIpc) is 1.82. The molecule has 1 saturated heterocycles. The minimum absolute atomic E-state index is 0.785. The van der Waals surface area contributed by atoms with E-state index in [2.05, 4.69) is 17.6 Å². The van der Waals surface area contributed by atoms with Gasteiger partial charge in [0.15, 0.2) is 0 Å². The zero-order chi connectivity index (χ0) is 6.97. The van der Waals surface area contributed by atoms with E-state index in [4.69, 9.17) is 0 Å². The Morgan fingerprint density at radius 2 is 2.10 bits per heavy atom. The zero-order valence-electron chi connectivity index (χ0n) is 6.56. The topological polar surface area (TPSA) is 24.1 Å². The third-order valence-corrected chi connectivity index (χ3v) is 2.85. The Morgan fingerprint density at radius 3 is 2.40 bits per heavy atom. The first-order valence-electron chi connectivity index (χ1n) is 4.33. The molecular formula is C8H16N2. The van der Waals surface area contributed by atoms with Crippen LogP contribution >= 0.6 is 0 Å². The van der Waals surface area contributed by atoms with E-state index in [1.54, 1.807) is 0 Å². The molecule has 10 heavy (non-hydrogen) atoms. The molecule has 0 aromatic rings. The largest absolute Gasteiger partial charge is 0.314 e. The Morgan fingerprint density at radius 1 is 1.30 bits per heavy atom. The minimum atomic E-state index is 0.785. The van der Waals surface area contributed by atoms with Gasteiger partial charge in [0.25, 0.3) is 0 Å². The molecule has 2 rings (SSSR count). The highest BCUT2D eigenvalue weighted by Crippen LogP contribution is 2.26. The summed E-state index contributed by atoms with van der Waals surface area (Å²) in [5.41, 5.74) is 0. The van der Waals surface area contributed by atoms with Gasteiger partial charge in [-0.1, -0.05) is 6.92 Å². The van der Waals surface area contributed by atoms with Gasteiger partial charge in [-0.15, -0.1) is 0 Å². The lowest BCUT2D eigenvalue weighted by Crippen LogP contribution is -2.60. The van der Waals surface area contributed by atoms with Crippen LogP contribution in [0.3, 0.4) is 0 Å². The molecule has 0 amide bonds. The molecule has 1 saturated carbocycles. The van der Waals surface area contributed by atoms with Crippen molar-refractivity contribution in [1.82, 2.24) is 10.6 Å². The van der Waals surface area contributed by atoms with Crippen LogP contribution < -0.4 is 10.6 Å². The molecule has 2 nitrogen and oxygen atoms in total. The third kappa shape index (κ3) is 1.06. The van der Waals surface area contributed by atoms with Crippen molar-refractivity contribution in [2.24, 2.45) is 5.92 Å². The minimum Gasteiger partial charge on any atom is -0.314 e. The van der Waals surface area contributed by atoms with Gasteiger partial charge in [0.05, 0.1) is 0 Å². The van der Waals surface area contributed by atoms with Gasteiger partial charge in [0.2, 0.25) is 0 Å². The normalized spacial score (nSPS) is 40.5. The first-order valence-corrected chi connectivity index (χ1v) is 4.33.